The van der Waals surface area contributed by atoms with Crippen LogP contribution in [0.2, 0.25) is 0 Å². The molecule has 0 aliphatic heterocycles. The Morgan fingerprint density at radius 1 is 1.04 bits per heavy atom. The summed E-state index contributed by atoms with van der Waals surface area (Å²) >= 11 is 0. The van der Waals surface area contributed by atoms with Gasteiger partial charge in [-0.25, -0.2) is 9.97 Å². The van der Waals surface area contributed by atoms with Crippen molar-refractivity contribution in [3.63, 3.8) is 0 Å². The minimum Gasteiger partial charge on any atom is -0.508 e. The maximum atomic E-state index is 9.61. The van der Waals surface area contributed by atoms with Crippen LogP contribution < -0.4 is 11.1 Å². The van der Waals surface area contributed by atoms with E-state index in [1.165, 1.54) is 5.56 Å². The topological polar surface area (TPSA) is 84.1 Å². The van der Waals surface area contributed by atoms with Crippen LogP contribution in [0, 0.1) is 0 Å². The number of hydrogen-bond acceptors (Lipinski definition) is 5. The summed E-state index contributed by atoms with van der Waals surface area (Å²) in [7, 11) is 0. The molecule has 126 valence electrons. The lowest BCUT2D eigenvalue weighted by Gasteiger charge is -2.06. The van der Waals surface area contributed by atoms with Crippen molar-refractivity contribution in [1.82, 2.24) is 15.3 Å². The number of hydrogen-bond donors (Lipinski definition) is 3. The Balaban J connectivity index is 1.36. The van der Waals surface area contributed by atoms with Crippen LogP contribution in [-0.2, 0) is 6.54 Å². The highest BCUT2D eigenvalue weighted by Gasteiger charge is 2.37. The van der Waals surface area contributed by atoms with Gasteiger partial charge in [0.05, 0.1) is 0 Å². The molecule has 4 rings (SSSR count). The number of phenols is 1. The van der Waals surface area contributed by atoms with Gasteiger partial charge in [0.1, 0.15) is 5.75 Å². The number of anilines is 1. The average molecular weight is 332 g/mol. The van der Waals surface area contributed by atoms with Gasteiger partial charge in [-0.3, -0.25) is 0 Å². The van der Waals surface area contributed by atoms with Gasteiger partial charge >= 0.3 is 0 Å². The maximum Gasteiger partial charge on any atom is 0.219 e. The first-order valence-electron chi connectivity index (χ1n) is 8.38. The molecule has 0 saturated heterocycles. The number of aromatic hydroxyl groups is 1. The summed E-state index contributed by atoms with van der Waals surface area (Å²) in [4.78, 5) is 8.02. The molecule has 2 atom stereocenters. The van der Waals surface area contributed by atoms with Crippen molar-refractivity contribution in [1.29, 1.82) is 0 Å². The fraction of sp³-hybridized carbons (Fsp3) is 0.200. The Kier molecular flexibility index (Phi) is 4.07. The summed E-state index contributed by atoms with van der Waals surface area (Å²) in [5.41, 5.74) is 10.0. The molecule has 0 amide bonds. The number of nitrogens with two attached hydrogens (primary N) is 1. The van der Waals surface area contributed by atoms with Crippen LogP contribution in [0.25, 0.3) is 11.1 Å². The summed E-state index contributed by atoms with van der Waals surface area (Å²) in [5.74, 6) is 1.15. The second-order valence-electron chi connectivity index (χ2n) is 6.45. The molecule has 1 fully saturated rings. The zero-order valence-corrected chi connectivity index (χ0v) is 13.8. The van der Waals surface area contributed by atoms with Crippen LogP contribution in [0.3, 0.4) is 0 Å². The number of aromatic nitrogens is 2. The molecule has 0 radical (unpaired) electrons. The molecule has 25 heavy (non-hydrogen) atoms. The first-order chi connectivity index (χ1) is 12.2. The van der Waals surface area contributed by atoms with Gasteiger partial charge in [0.15, 0.2) is 0 Å². The van der Waals surface area contributed by atoms with E-state index in [4.69, 9.17) is 5.73 Å². The van der Waals surface area contributed by atoms with Crippen molar-refractivity contribution >= 4 is 5.95 Å². The largest absolute Gasteiger partial charge is 0.508 e. The minimum absolute atomic E-state index is 0.291. The summed E-state index contributed by atoms with van der Waals surface area (Å²) in [5, 5.41) is 13.1. The van der Waals surface area contributed by atoms with Crippen LogP contribution in [-0.4, -0.2) is 21.1 Å². The quantitative estimate of drug-likeness (QED) is 0.669. The van der Waals surface area contributed by atoms with Gasteiger partial charge in [-0.1, -0.05) is 36.4 Å². The number of nitrogens with zero attached hydrogens (tertiary/aromatic N) is 2. The lowest BCUT2D eigenvalue weighted by Crippen LogP contribution is -2.17. The van der Waals surface area contributed by atoms with Gasteiger partial charge in [-0.15, -0.1) is 0 Å². The van der Waals surface area contributed by atoms with Crippen molar-refractivity contribution in [2.75, 3.05) is 5.73 Å². The third-order valence-electron chi connectivity index (χ3n) is 4.60. The van der Waals surface area contributed by atoms with E-state index in [1.807, 2.05) is 12.1 Å². The smallest absolute Gasteiger partial charge is 0.219 e. The Bertz CT molecular complexity index is 862. The number of rotatable bonds is 5. The highest BCUT2D eigenvalue weighted by molar-refractivity contribution is 5.65. The number of nitrogen functional groups attached to an aromatic ring is 1. The summed E-state index contributed by atoms with van der Waals surface area (Å²) in [6, 6.07) is 16.4. The van der Waals surface area contributed by atoms with Crippen LogP contribution in [0.4, 0.5) is 5.95 Å². The van der Waals surface area contributed by atoms with Gasteiger partial charge in [-0.05, 0) is 35.2 Å². The third kappa shape index (κ3) is 3.61. The molecule has 1 aliphatic rings. The lowest BCUT2D eigenvalue weighted by atomic mass is 10.0. The molecule has 3 aromatic rings. The molecule has 0 spiro atoms. The highest BCUT2D eigenvalue weighted by atomic mass is 16.3. The Labute approximate surface area is 146 Å². The SMILES string of the molecule is Nc1ncc(CN[C@H]2C[C@@H]2c2ccc(-c3cccc(O)c3)cc2)cn1. The predicted octanol–water partition coefficient (Wildman–Crippen LogP) is 3.08. The minimum atomic E-state index is 0.291. The second kappa shape index (κ2) is 6.53. The van der Waals surface area contributed by atoms with Crippen molar-refractivity contribution in [2.45, 2.75) is 24.9 Å². The van der Waals surface area contributed by atoms with E-state index in [1.54, 1.807) is 24.5 Å². The van der Waals surface area contributed by atoms with Crippen molar-refractivity contribution in [3.8, 4) is 16.9 Å². The standard InChI is InChI=1S/C20H20N4O/c21-20-23-11-13(12-24-20)10-22-19-9-18(19)15-6-4-14(5-7-15)16-2-1-3-17(25)8-16/h1-8,11-12,18-19,22,25H,9-10H2,(H2,21,23,24)/t18-,19+/m1/s1. The number of benzene rings is 2. The molecule has 0 unspecified atom stereocenters. The Morgan fingerprint density at radius 2 is 1.80 bits per heavy atom. The van der Waals surface area contributed by atoms with Gasteiger partial charge < -0.3 is 16.2 Å². The Morgan fingerprint density at radius 3 is 2.52 bits per heavy atom. The third-order valence-corrected chi connectivity index (χ3v) is 4.60. The summed E-state index contributed by atoms with van der Waals surface area (Å²) in [6.45, 7) is 0.753. The molecular formula is C20H20N4O. The van der Waals surface area contributed by atoms with E-state index in [2.05, 4.69) is 39.6 Å². The van der Waals surface area contributed by atoms with Crippen LogP contribution in [0.1, 0.15) is 23.5 Å². The molecule has 0 bridgehead atoms. The van der Waals surface area contributed by atoms with Gasteiger partial charge in [-0.2, -0.15) is 0 Å². The van der Waals surface area contributed by atoms with E-state index < -0.39 is 0 Å². The van der Waals surface area contributed by atoms with E-state index >= 15 is 0 Å². The zero-order valence-electron chi connectivity index (χ0n) is 13.8. The molecule has 5 nitrogen and oxygen atoms in total. The maximum absolute atomic E-state index is 9.61. The zero-order chi connectivity index (χ0) is 17.2. The molecule has 1 aromatic heterocycles. The molecule has 1 saturated carbocycles. The molecule has 4 N–H and O–H groups in total. The predicted molar refractivity (Wildman–Crippen MR) is 98.0 cm³/mol. The molecule has 1 aliphatic carbocycles. The second-order valence-corrected chi connectivity index (χ2v) is 6.45. The van der Waals surface area contributed by atoms with Crippen molar-refractivity contribution in [2.24, 2.45) is 0 Å². The van der Waals surface area contributed by atoms with Crippen LogP contribution in [0.5, 0.6) is 5.75 Å². The molecule has 2 aromatic carbocycles. The molecule has 1 heterocycles. The normalized spacial score (nSPS) is 18.9. The fourth-order valence-corrected chi connectivity index (χ4v) is 3.10. The first-order valence-corrected chi connectivity index (χ1v) is 8.38. The van der Waals surface area contributed by atoms with Gasteiger partial charge in [0, 0.05) is 36.5 Å². The van der Waals surface area contributed by atoms with E-state index in [0.29, 0.717) is 23.7 Å². The van der Waals surface area contributed by atoms with Gasteiger partial charge in [0.25, 0.3) is 0 Å². The van der Waals surface area contributed by atoms with Crippen LogP contribution in [0.15, 0.2) is 60.9 Å². The monoisotopic (exact) mass is 332 g/mol. The fourth-order valence-electron chi connectivity index (χ4n) is 3.10. The van der Waals surface area contributed by atoms with Gasteiger partial charge in [0.2, 0.25) is 5.95 Å². The highest BCUT2D eigenvalue weighted by Crippen LogP contribution is 2.41. The molecule has 5 heteroatoms. The number of phenolic OH excluding ortho intramolecular Hbond substituents is 1. The Hall–Kier alpha value is -2.92. The van der Waals surface area contributed by atoms with Crippen molar-refractivity contribution in [3.05, 3.63) is 72.1 Å². The average Bonchev–Trinajstić information content (AvgIpc) is 3.41. The molecular weight excluding hydrogens is 312 g/mol. The first kappa shape index (κ1) is 15.6. The van der Waals surface area contributed by atoms with E-state index in [9.17, 15) is 5.11 Å². The van der Waals surface area contributed by atoms with E-state index in [0.717, 1.165) is 29.7 Å². The lowest BCUT2D eigenvalue weighted by molar-refractivity contribution is 0.475. The van der Waals surface area contributed by atoms with E-state index in [-0.39, 0.29) is 0 Å². The van der Waals surface area contributed by atoms with Crippen LogP contribution >= 0.6 is 0 Å². The van der Waals surface area contributed by atoms with Crippen molar-refractivity contribution < 1.29 is 5.11 Å². The summed E-state index contributed by atoms with van der Waals surface area (Å²) in [6.07, 6.45) is 4.66. The summed E-state index contributed by atoms with van der Waals surface area (Å²) < 4.78 is 0. The number of nitrogens with one attached hydrogen (secondary N) is 1.